The Labute approximate surface area is 176 Å². The summed E-state index contributed by atoms with van der Waals surface area (Å²) in [6.07, 6.45) is 4.74. The Kier molecular flexibility index (Phi) is 5.31. The van der Waals surface area contributed by atoms with Crippen molar-refractivity contribution in [3.05, 3.63) is 78.0 Å². The molecule has 3 aromatic heterocycles. The van der Waals surface area contributed by atoms with Gasteiger partial charge < -0.3 is 20.8 Å². The molecule has 0 saturated carbocycles. The number of aromatic nitrogens is 3. The van der Waals surface area contributed by atoms with Crippen molar-refractivity contribution in [3.8, 4) is 11.5 Å². The first-order chi connectivity index (χ1) is 14.9. The number of rotatable bonds is 6. The molecule has 0 saturated heterocycles. The molecule has 8 nitrogen and oxygen atoms in total. The zero-order valence-corrected chi connectivity index (χ0v) is 16.4. The van der Waals surface area contributed by atoms with Crippen LogP contribution in [0.3, 0.4) is 0 Å². The molecule has 156 valence electrons. The number of nitrogens with two attached hydrogens (primary N) is 1. The number of hydrogen-bond donors (Lipinski definition) is 3. The van der Waals surface area contributed by atoms with E-state index in [9.17, 15) is 14.0 Å². The zero-order valence-electron chi connectivity index (χ0n) is 16.4. The third-order valence-corrected chi connectivity index (χ3v) is 4.73. The van der Waals surface area contributed by atoms with Crippen LogP contribution in [0.4, 0.5) is 10.2 Å². The van der Waals surface area contributed by atoms with E-state index in [-0.39, 0.29) is 11.3 Å². The van der Waals surface area contributed by atoms with Gasteiger partial charge in [0, 0.05) is 18.6 Å². The number of anilines is 1. The molecule has 0 fully saturated rings. The molecule has 0 aliphatic carbocycles. The number of H-pyrrole nitrogens is 1. The maximum atomic E-state index is 14.8. The monoisotopic (exact) mass is 419 g/mol. The number of halogens is 1. The van der Waals surface area contributed by atoms with Gasteiger partial charge in [-0.05, 0) is 48.4 Å². The lowest BCUT2D eigenvalue weighted by molar-refractivity contribution is -0.127. The van der Waals surface area contributed by atoms with E-state index in [4.69, 9.17) is 10.5 Å². The number of nitrogens with one attached hydrogen (secondary N) is 2. The third-order valence-electron chi connectivity index (χ3n) is 4.73. The van der Waals surface area contributed by atoms with Crippen LogP contribution in [0.25, 0.3) is 11.0 Å². The van der Waals surface area contributed by atoms with Gasteiger partial charge in [-0.25, -0.2) is 14.4 Å². The van der Waals surface area contributed by atoms with Gasteiger partial charge in [0.15, 0.2) is 11.6 Å². The number of ether oxygens (including phenoxy) is 1. The van der Waals surface area contributed by atoms with Crippen molar-refractivity contribution in [2.24, 2.45) is 5.73 Å². The molecule has 4 rings (SSSR count). The first-order valence-corrected chi connectivity index (χ1v) is 9.35. The average molecular weight is 419 g/mol. The molecule has 9 heteroatoms. The zero-order chi connectivity index (χ0) is 22.0. The summed E-state index contributed by atoms with van der Waals surface area (Å²) in [5.74, 6) is -3.12. The van der Waals surface area contributed by atoms with Crippen molar-refractivity contribution in [1.82, 2.24) is 15.0 Å². The maximum Gasteiger partial charge on any atom is 0.242 e. The van der Waals surface area contributed by atoms with Gasteiger partial charge in [-0.1, -0.05) is 12.1 Å². The molecule has 1 unspecified atom stereocenters. The minimum atomic E-state index is -1.40. The fraction of sp³-hybridized carbons (Fsp3) is 0.0909. The SMILES string of the molecule is Cc1cccnc1NC(=O)C(C(N)=O)c1ccc(Oc2ccnc3[nH]ccc23)c(F)c1. The van der Waals surface area contributed by atoms with Crippen LogP contribution in [-0.4, -0.2) is 26.8 Å². The minimum Gasteiger partial charge on any atom is -0.453 e. The molecule has 0 spiro atoms. The predicted octanol–water partition coefficient (Wildman–Crippen LogP) is 3.41. The maximum absolute atomic E-state index is 14.8. The van der Waals surface area contributed by atoms with E-state index < -0.39 is 23.5 Å². The number of fused-ring (bicyclic) bond motifs is 1. The number of primary amides is 1. The van der Waals surface area contributed by atoms with Crippen LogP contribution in [0, 0.1) is 12.7 Å². The van der Waals surface area contributed by atoms with Gasteiger partial charge in [-0.2, -0.15) is 0 Å². The Morgan fingerprint density at radius 2 is 1.97 bits per heavy atom. The van der Waals surface area contributed by atoms with E-state index in [1.165, 1.54) is 24.5 Å². The highest BCUT2D eigenvalue weighted by Crippen LogP contribution is 2.31. The lowest BCUT2D eigenvalue weighted by Gasteiger charge is -2.16. The number of aromatic amines is 1. The summed E-state index contributed by atoms with van der Waals surface area (Å²) in [7, 11) is 0. The Balaban J connectivity index is 1.60. The number of aryl methyl sites for hydroxylation is 1. The molecule has 4 aromatic rings. The number of amides is 2. The van der Waals surface area contributed by atoms with Crippen LogP contribution in [0.2, 0.25) is 0 Å². The molecule has 31 heavy (non-hydrogen) atoms. The fourth-order valence-electron chi connectivity index (χ4n) is 3.17. The second-order valence-electron chi connectivity index (χ2n) is 6.83. The van der Waals surface area contributed by atoms with E-state index in [0.717, 1.165) is 6.07 Å². The van der Waals surface area contributed by atoms with Crippen LogP contribution < -0.4 is 15.8 Å². The summed E-state index contributed by atoms with van der Waals surface area (Å²) in [5, 5.41) is 3.25. The quantitative estimate of drug-likeness (QED) is 0.413. The van der Waals surface area contributed by atoms with Gasteiger partial charge in [0.1, 0.15) is 23.1 Å². The summed E-state index contributed by atoms with van der Waals surface area (Å²) in [5.41, 5.74) is 6.85. The standard InChI is InChI=1S/C22H18FN5O3/c1-12-3-2-8-25-20(12)28-22(30)18(19(24)29)13-4-5-17(15(23)11-13)31-16-7-10-27-21-14(16)6-9-26-21/h2-11,18H,1H3,(H2,24,29)(H,26,27)(H,25,28,30). The number of carbonyl (C=O) groups excluding carboxylic acids is 2. The molecule has 1 atom stereocenters. The van der Waals surface area contributed by atoms with Crippen molar-refractivity contribution in [2.45, 2.75) is 12.8 Å². The predicted molar refractivity (Wildman–Crippen MR) is 112 cm³/mol. The van der Waals surface area contributed by atoms with E-state index in [2.05, 4.69) is 20.3 Å². The van der Waals surface area contributed by atoms with Crippen molar-refractivity contribution >= 4 is 28.7 Å². The molecule has 1 aromatic carbocycles. The highest BCUT2D eigenvalue weighted by atomic mass is 19.1. The Morgan fingerprint density at radius 1 is 1.13 bits per heavy atom. The van der Waals surface area contributed by atoms with Crippen LogP contribution >= 0.6 is 0 Å². The molecule has 0 aliphatic heterocycles. The number of benzene rings is 1. The highest BCUT2D eigenvalue weighted by Gasteiger charge is 2.28. The summed E-state index contributed by atoms with van der Waals surface area (Å²) < 4.78 is 20.5. The Bertz CT molecular complexity index is 1290. The topological polar surface area (TPSA) is 123 Å². The van der Waals surface area contributed by atoms with Crippen LogP contribution in [0.1, 0.15) is 17.0 Å². The van der Waals surface area contributed by atoms with E-state index in [1.54, 1.807) is 37.4 Å². The molecule has 3 heterocycles. The van der Waals surface area contributed by atoms with Crippen LogP contribution in [0.5, 0.6) is 11.5 Å². The van der Waals surface area contributed by atoms with E-state index in [0.29, 0.717) is 28.2 Å². The lowest BCUT2D eigenvalue weighted by Crippen LogP contribution is -2.33. The molecular formula is C22H18FN5O3. The number of nitrogens with zero attached hydrogens (tertiary/aromatic N) is 2. The van der Waals surface area contributed by atoms with Crippen molar-refractivity contribution < 1.29 is 18.7 Å². The second kappa shape index (κ2) is 8.23. The summed E-state index contributed by atoms with van der Waals surface area (Å²) in [4.78, 5) is 35.9. The molecular weight excluding hydrogens is 401 g/mol. The average Bonchev–Trinajstić information content (AvgIpc) is 3.21. The number of hydrogen-bond acceptors (Lipinski definition) is 5. The largest absolute Gasteiger partial charge is 0.453 e. The smallest absolute Gasteiger partial charge is 0.242 e. The Morgan fingerprint density at radius 3 is 2.71 bits per heavy atom. The molecule has 0 aliphatic rings. The summed E-state index contributed by atoms with van der Waals surface area (Å²) in [6.45, 7) is 1.76. The van der Waals surface area contributed by atoms with Gasteiger partial charge in [0.05, 0.1) is 5.39 Å². The minimum absolute atomic E-state index is 0.0679. The molecule has 0 bridgehead atoms. The fourth-order valence-corrected chi connectivity index (χ4v) is 3.17. The number of pyridine rings is 2. The summed E-state index contributed by atoms with van der Waals surface area (Å²) in [6, 6.07) is 10.7. The van der Waals surface area contributed by atoms with Crippen molar-refractivity contribution in [3.63, 3.8) is 0 Å². The second-order valence-corrected chi connectivity index (χ2v) is 6.83. The van der Waals surface area contributed by atoms with E-state index >= 15 is 0 Å². The van der Waals surface area contributed by atoms with Crippen LogP contribution in [0.15, 0.2) is 61.1 Å². The van der Waals surface area contributed by atoms with Gasteiger partial charge in [0.25, 0.3) is 0 Å². The number of carbonyl (C=O) groups is 2. The van der Waals surface area contributed by atoms with Crippen LogP contribution in [-0.2, 0) is 9.59 Å². The first kappa shape index (κ1) is 20.0. The molecule has 4 N–H and O–H groups in total. The van der Waals surface area contributed by atoms with Crippen molar-refractivity contribution in [2.75, 3.05) is 5.32 Å². The van der Waals surface area contributed by atoms with Gasteiger partial charge in [0.2, 0.25) is 11.8 Å². The Hall–Kier alpha value is -4.27. The van der Waals surface area contributed by atoms with E-state index in [1.807, 2.05) is 0 Å². The van der Waals surface area contributed by atoms with Crippen molar-refractivity contribution in [1.29, 1.82) is 0 Å². The molecule has 2 amide bonds. The van der Waals surface area contributed by atoms with Gasteiger partial charge in [-0.3, -0.25) is 9.59 Å². The highest BCUT2D eigenvalue weighted by molar-refractivity contribution is 6.10. The van der Waals surface area contributed by atoms with Gasteiger partial charge >= 0.3 is 0 Å². The lowest BCUT2D eigenvalue weighted by atomic mass is 9.97. The normalized spacial score (nSPS) is 11.8. The molecule has 0 radical (unpaired) electrons. The van der Waals surface area contributed by atoms with Gasteiger partial charge in [-0.15, -0.1) is 0 Å². The third kappa shape index (κ3) is 4.06. The first-order valence-electron chi connectivity index (χ1n) is 9.35. The summed E-state index contributed by atoms with van der Waals surface area (Å²) >= 11 is 0.